The molecule has 0 saturated heterocycles. The number of hydrogen-bond acceptors (Lipinski definition) is 0. The highest BCUT2D eigenvalue weighted by Gasteiger charge is 2.28. The van der Waals surface area contributed by atoms with Gasteiger partial charge in [0.25, 0.3) is 0 Å². The molecule has 0 N–H and O–H groups in total. The lowest BCUT2D eigenvalue weighted by Gasteiger charge is -2.13. The summed E-state index contributed by atoms with van der Waals surface area (Å²) in [4.78, 5) is 0. The third-order valence-electron chi connectivity index (χ3n) is 5.01. The van der Waals surface area contributed by atoms with E-state index in [9.17, 15) is 26.3 Å². The summed E-state index contributed by atoms with van der Waals surface area (Å²) in [5, 5.41) is 0.161. The lowest BCUT2D eigenvalue weighted by molar-refractivity contribution is 0.441. The SMILES string of the molecule is Cc1ccc2c(c1)c1c(F)c(C)c(F)cc1n2-c1c(F)c(F)c(C)c(F)c1F. The summed E-state index contributed by atoms with van der Waals surface area (Å²) >= 11 is 0. The molecule has 1 heterocycles. The minimum atomic E-state index is -1.64. The Morgan fingerprint density at radius 2 is 1.25 bits per heavy atom. The van der Waals surface area contributed by atoms with Crippen molar-refractivity contribution in [2.45, 2.75) is 20.8 Å². The summed E-state index contributed by atoms with van der Waals surface area (Å²) in [6, 6.07) is 5.49. The van der Waals surface area contributed by atoms with E-state index in [-0.39, 0.29) is 27.4 Å². The van der Waals surface area contributed by atoms with E-state index in [1.54, 1.807) is 19.1 Å². The molecule has 1 nitrogen and oxygen atoms in total. The van der Waals surface area contributed by atoms with Gasteiger partial charge in [0.05, 0.1) is 11.0 Å². The first-order chi connectivity index (χ1) is 13.1. The summed E-state index contributed by atoms with van der Waals surface area (Å²) in [6.07, 6.45) is 0. The summed E-state index contributed by atoms with van der Waals surface area (Å²) in [7, 11) is 0. The third-order valence-corrected chi connectivity index (χ3v) is 5.01. The molecule has 0 aliphatic rings. The smallest absolute Gasteiger partial charge is 0.186 e. The fourth-order valence-electron chi connectivity index (χ4n) is 3.48. The van der Waals surface area contributed by atoms with Crippen LogP contribution >= 0.6 is 0 Å². The summed E-state index contributed by atoms with van der Waals surface area (Å²) in [6.45, 7) is 3.86. The van der Waals surface area contributed by atoms with Gasteiger partial charge in [-0.1, -0.05) is 11.6 Å². The molecule has 0 aliphatic heterocycles. The van der Waals surface area contributed by atoms with Gasteiger partial charge in [0.1, 0.15) is 17.3 Å². The maximum absolute atomic E-state index is 14.9. The number of aryl methyl sites for hydroxylation is 1. The van der Waals surface area contributed by atoms with Crippen LogP contribution in [0.2, 0.25) is 0 Å². The second kappa shape index (κ2) is 6.02. The zero-order valence-electron chi connectivity index (χ0n) is 15.0. The molecule has 0 spiro atoms. The number of fused-ring (bicyclic) bond motifs is 3. The van der Waals surface area contributed by atoms with Crippen molar-refractivity contribution in [1.29, 1.82) is 0 Å². The van der Waals surface area contributed by atoms with Crippen molar-refractivity contribution in [1.82, 2.24) is 4.57 Å². The quantitative estimate of drug-likeness (QED) is 0.256. The Labute approximate surface area is 155 Å². The van der Waals surface area contributed by atoms with Crippen LogP contribution in [0, 0.1) is 55.7 Å². The van der Waals surface area contributed by atoms with Crippen LogP contribution in [0.15, 0.2) is 24.3 Å². The van der Waals surface area contributed by atoms with E-state index in [4.69, 9.17) is 0 Å². The average molecular weight is 393 g/mol. The van der Waals surface area contributed by atoms with Crippen LogP contribution in [0.1, 0.15) is 16.7 Å². The van der Waals surface area contributed by atoms with E-state index in [2.05, 4.69) is 0 Å². The summed E-state index contributed by atoms with van der Waals surface area (Å²) in [5.74, 6) is -8.26. The van der Waals surface area contributed by atoms with Gasteiger partial charge in [0.2, 0.25) is 0 Å². The molecule has 28 heavy (non-hydrogen) atoms. The van der Waals surface area contributed by atoms with Crippen molar-refractivity contribution in [3.8, 4) is 5.69 Å². The first-order valence-corrected chi connectivity index (χ1v) is 8.37. The molecule has 0 unspecified atom stereocenters. The molecule has 0 radical (unpaired) electrons. The molecule has 0 bridgehead atoms. The van der Waals surface area contributed by atoms with Crippen LogP contribution in [-0.4, -0.2) is 4.57 Å². The number of nitrogens with zero attached hydrogens (tertiary/aromatic N) is 1. The third kappa shape index (κ3) is 2.28. The summed E-state index contributed by atoms with van der Waals surface area (Å²) in [5.41, 5.74) is -1.58. The van der Waals surface area contributed by atoms with E-state index < -0.39 is 46.2 Å². The Kier molecular flexibility index (Phi) is 3.96. The number of rotatable bonds is 1. The predicted molar refractivity (Wildman–Crippen MR) is 94.7 cm³/mol. The zero-order chi connectivity index (χ0) is 20.5. The standard InChI is InChI=1S/C21H13F6N/c1-8-4-5-13-11(6-8)15-14(7-12(22)9(2)16(15)23)28(13)21-19(26)17(24)10(3)18(25)20(21)27/h4-7H,1-3H3. The highest BCUT2D eigenvalue weighted by Crippen LogP contribution is 2.38. The van der Waals surface area contributed by atoms with Crippen molar-refractivity contribution >= 4 is 21.8 Å². The molecule has 1 aromatic heterocycles. The number of aromatic nitrogens is 1. The van der Waals surface area contributed by atoms with Crippen molar-refractivity contribution in [2.24, 2.45) is 0 Å². The van der Waals surface area contributed by atoms with Crippen LogP contribution in [0.25, 0.3) is 27.5 Å². The maximum atomic E-state index is 14.9. The highest BCUT2D eigenvalue weighted by atomic mass is 19.2. The number of benzene rings is 3. The van der Waals surface area contributed by atoms with Crippen molar-refractivity contribution in [3.05, 3.63) is 75.9 Å². The van der Waals surface area contributed by atoms with Crippen LogP contribution < -0.4 is 0 Å². The van der Waals surface area contributed by atoms with E-state index in [1.165, 1.54) is 13.0 Å². The second-order valence-electron chi connectivity index (χ2n) is 6.78. The van der Waals surface area contributed by atoms with E-state index in [0.29, 0.717) is 0 Å². The maximum Gasteiger partial charge on any atom is 0.186 e. The fourth-order valence-corrected chi connectivity index (χ4v) is 3.48. The fraction of sp³-hybridized carbons (Fsp3) is 0.143. The van der Waals surface area contributed by atoms with Crippen molar-refractivity contribution < 1.29 is 26.3 Å². The Bertz CT molecular complexity index is 1270. The monoisotopic (exact) mass is 393 g/mol. The van der Waals surface area contributed by atoms with E-state index >= 15 is 0 Å². The summed E-state index contributed by atoms with van der Waals surface area (Å²) < 4.78 is 87.7. The topological polar surface area (TPSA) is 4.93 Å². The normalized spacial score (nSPS) is 11.8. The predicted octanol–water partition coefficient (Wildman–Crippen LogP) is 6.54. The van der Waals surface area contributed by atoms with E-state index in [1.807, 2.05) is 0 Å². The zero-order valence-corrected chi connectivity index (χ0v) is 15.0. The molecule has 0 fully saturated rings. The van der Waals surface area contributed by atoms with Crippen molar-refractivity contribution in [2.75, 3.05) is 0 Å². The van der Waals surface area contributed by atoms with E-state index in [0.717, 1.165) is 23.1 Å². The molecule has 4 aromatic rings. The van der Waals surface area contributed by atoms with Crippen LogP contribution in [0.4, 0.5) is 26.3 Å². The highest BCUT2D eigenvalue weighted by molar-refractivity contribution is 6.10. The molecule has 3 aromatic carbocycles. The first-order valence-electron chi connectivity index (χ1n) is 8.37. The van der Waals surface area contributed by atoms with Crippen LogP contribution in [-0.2, 0) is 0 Å². The average Bonchev–Trinajstić information content (AvgIpc) is 2.96. The van der Waals surface area contributed by atoms with Gasteiger partial charge in [-0.25, -0.2) is 26.3 Å². The Morgan fingerprint density at radius 1 is 0.643 bits per heavy atom. The van der Waals surface area contributed by atoms with Gasteiger partial charge < -0.3 is 4.57 Å². The van der Waals surface area contributed by atoms with Gasteiger partial charge in [0.15, 0.2) is 23.3 Å². The van der Waals surface area contributed by atoms with Gasteiger partial charge in [-0.05, 0) is 39.0 Å². The lowest BCUT2D eigenvalue weighted by Crippen LogP contribution is -2.09. The number of hydrogen-bond donors (Lipinski definition) is 0. The molecule has 0 aliphatic carbocycles. The molecule has 4 rings (SSSR count). The molecular weight excluding hydrogens is 380 g/mol. The molecule has 7 heteroatoms. The number of halogens is 6. The molecule has 0 amide bonds. The van der Waals surface area contributed by atoms with Crippen molar-refractivity contribution in [3.63, 3.8) is 0 Å². The van der Waals surface area contributed by atoms with Crippen LogP contribution in [0.5, 0.6) is 0 Å². The molecule has 0 saturated carbocycles. The van der Waals surface area contributed by atoms with Crippen LogP contribution in [0.3, 0.4) is 0 Å². The van der Waals surface area contributed by atoms with Gasteiger partial charge in [-0.15, -0.1) is 0 Å². The largest absolute Gasteiger partial charge is 0.304 e. The van der Waals surface area contributed by atoms with Gasteiger partial charge in [-0.3, -0.25) is 0 Å². The van der Waals surface area contributed by atoms with Gasteiger partial charge in [-0.2, -0.15) is 0 Å². The minimum absolute atomic E-state index is 0.0854. The molecule has 144 valence electrons. The minimum Gasteiger partial charge on any atom is -0.304 e. The Morgan fingerprint density at radius 3 is 1.86 bits per heavy atom. The van der Waals surface area contributed by atoms with Gasteiger partial charge >= 0.3 is 0 Å². The second-order valence-corrected chi connectivity index (χ2v) is 6.78. The Hall–Kier alpha value is -2.96. The molecular formula is C21H13F6N. The lowest BCUT2D eigenvalue weighted by atomic mass is 10.1. The first kappa shape index (κ1) is 18.4. The van der Waals surface area contributed by atoms with Gasteiger partial charge in [0, 0.05) is 21.9 Å². The molecule has 0 atom stereocenters. The Balaban J connectivity index is 2.33.